The lowest BCUT2D eigenvalue weighted by atomic mass is 10.3. The quantitative estimate of drug-likeness (QED) is 0.232. The number of carbonyl (C=O) groups is 1. The summed E-state index contributed by atoms with van der Waals surface area (Å²) in [5.41, 5.74) is 1.36. The molecule has 1 amide bonds. The van der Waals surface area contributed by atoms with Crippen molar-refractivity contribution < 1.29 is 9.72 Å². The average Bonchev–Trinajstić information content (AvgIpc) is 3.20. The number of hydrogen-bond donors (Lipinski definition) is 0. The van der Waals surface area contributed by atoms with Gasteiger partial charge in [-0.2, -0.15) is 0 Å². The molecular formula is C21H16N4O3S2. The van der Waals surface area contributed by atoms with Crippen LogP contribution in [0.3, 0.4) is 0 Å². The maximum Gasteiger partial charge on any atom is 0.270 e. The van der Waals surface area contributed by atoms with E-state index in [-0.39, 0.29) is 23.9 Å². The first kappa shape index (κ1) is 20.0. The van der Waals surface area contributed by atoms with Crippen LogP contribution in [0.15, 0.2) is 77.8 Å². The molecule has 4 rings (SSSR count). The number of fused-ring (bicyclic) bond motifs is 1. The fourth-order valence-electron chi connectivity index (χ4n) is 2.79. The molecule has 0 unspecified atom stereocenters. The molecule has 4 aromatic rings. The number of non-ortho nitro benzene ring substituents is 1. The molecule has 0 N–H and O–H groups in total. The first-order valence-electron chi connectivity index (χ1n) is 9.03. The van der Waals surface area contributed by atoms with E-state index in [1.165, 1.54) is 35.2 Å². The van der Waals surface area contributed by atoms with Crippen LogP contribution < -0.4 is 4.90 Å². The monoisotopic (exact) mass is 436 g/mol. The molecule has 0 atom stereocenters. The molecule has 0 fully saturated rings. The highest BCUT2D eigenvalue weighted by Gasteiger charge is 2.21. The van der Waals surface area contributed by atoms with Crippen LogP contribution in [-0.2, 0) is 11.3 Å². The van der Waals surface area contributed by atoms with Crippen LogP contribution >= 0.6 is 23.1 Å². The molecule has 0 saturated carbocycles. The minimum absolute atomic E-state index is 0.0000595. The first-order valence-corrected chi connectivity index (χ1v) is 10.8. The molecule has 7 nitrogen and oxygen atoms in total. The van der Waals surface area contributed by atoms with Crippen molar-refractivity contribution in [3.63, 3.8) is 0 Å². The zero-order chi connectivity index (χ0) is 20.9. The molecule has 0 aliphatic rings. The number of nitro groups is 1. The highest BCUT2D eigenvalue weighted by Crippen LogP contribution is 2.32. The zero-order valence-electron chi connectivity index (χ0n) is 15.7. The van der Waals surface area contributed by atoms with Crippen LogP contribution in [0.2, 0.25) is 0 Å². The number of thioether (sulfide) groups is 1. The zero-order valence-corrected chi connectivity index (χ0v) is 17.3. The predicted molar refractivity (Wildman–Crippen MR) is 119 cm³/mol. The molecule has 0 aliphatic heterocycles. The van der Waals surface area contributed by atoms with Gasteiger partial charge in [0, 0.05) is 23.2 Å². The number of hydrogen-bond acceptors (Lipinski definition) is 7. The molecular weight excluding hydrogens is 420 g/mol. The number of benzene rings is 2. The van der Waals surface area contributed by atoms with Crippen molar-refractivity contribution in [3.05, 3.63) is 88.7 Å². The van der Waals surface area contributed by atoms with Crippen LogP contribution in [0.25, 0.3) is 10.2 Å². The minimum atomic E-state index is -0.438. The van der Waals surface area contributed by atoms with Gasteiger partial charge in [0.2, 0.25) is 5.91 Å². The summed E-state index contributed by atoms with van der Waals surface area (Å²) >= 11 is 2.71. The van der Waals surface area contributed by atoms with E-state index < -0.39 is 4.92 Å². The van der Waals surface area contributed by atoms with Gasteiger partial charge in [0.15, 0.2) is 5.13 Å². The topological polar surface area (TPSA) is 89.2 Å². The lowest BCUT2D eigenvalue weighted by Crippen LogP contribution is -2.32. The van der Waals surface area contributed by atoms with Gasteiger partial charge in [-0.15, -0.1) is 11.8 Å². The number of nitrogens with zero attached hydrogens (tertiary/aromatic N) is 4. The van der Waals surface area contributed by atoms with E-state index in [4.69, 9.17) is 0 Å². The third-order valence-electron chi connectivity index (χ3n) is 4.26. The summed E-state index contributed by atoms with van der Waals surface area (Å²) in [5.74, 6) is 0.135. The van der Waals surface area contributed by atoms with Gasteiger partial charge in [-0.1, -0.05) is 35.6 Å². The number of carbonyl (C=O) groups excluding carboxylic acids is 1. The molecule has 0 spiro atoms. The summed E-state index contributed by atoms with van der Waals surface area (Å²) in [5, 5.41) is 11.6. The lowest BCUT2D eigenvalue weighted by molar-refractivity contribution is -0.384. The van der Waals surface area contributed by atoms with E-state index in [0.29, 0.717) is 15.3 Å². The van der Waals surface area contributed by atoms with E-state index in [9.17, 15) is 14.9 Å². The number of aromatic nitrogens is 2. The second-order valence-corrected chi connectivity index (χ2v) is 8.37. The Bertz CT molecular complexity index is 1180. The highest BCUT2D eigenvalue weighted by atomic mass is 32.2. The van der Waals surface area contributed by atoms with Gasteiger partial charge in [-0.3, -0.25) is 24.8 Å². The Hall–Kier alpha value is -3.30. The van der Waals surface area contributed by atoms with Crippen molar-refractivity contribution in [2.45, 2.75) is 11.4 Å². The third kappa shape index (κ3) is 4.64. The molecule has 30 heavy (non-hydrogen) atoms. The fraction of sp³-hybridized carbons (Fsp3) is 0.0952. The normalized spacial score (nSPS) is 10.8. The minimum Gasteiger partial charge on any atom is -0.281 e. The predicted octanol–water partition coefficient (Wildman–Crippen LogP) is 4.93. The Morgan fingerprint density at radius 1 is 1.10 bits per heavy atom. The van der Waals surface area contributed by atoms with E-state index in [1.807, 2.05) is 48.5 Å². The highest BCUT2D eigenvalue weighted by molar-refractivity contribution is 8.00. The van der Waals surface area contributed by atoms with Gasteiger partial charge < -0.3 is 0 Å². The van der Waals surface area contributed by atoms with Crippen LogP contribution in [0, 0.1) is 10.1 Å². The Labute approximate surface area is 180 Å². The summed E-state index contributed by atoms with van der Waals surface area (Å²) < 4.78 is 0.661. The molecule has 2 aromatic carbocycles. The van der Waals surface area contributed by atoms with E-state index in [1.54, 1.807) is 17.2 Å². The van der Waals surface area contributed by atoms with E-state index in [2.05, 4.69) is 9.97 Å². The molecule has 0 saturated heterocycles. The number of rotatable bonds is 7. The van der Waals surface area contributed by atoms with Gasteiger partial charge >= 0.3 is 0 Å². The summed E-state index contributed by atoms with van der Waals surface area (Å²) in [6, 6.07) is 19.7. The summed E-state index contributed by atoms with van der Waals surface area (Å²) in [4.78, 5) is 35.2. The number of anilines is 1. The number of thiazole rings is 1. The maximum absolute atomic E-state index is 13.1. The Morgan fingerprint density at radius 2 is 1.90 bits per heavy atom. The molecule has 9 heteroatoms. The third-order valence-corrected chi connectivity index (χ3v) is 6.29. The van der Waals surface area contributed by atoms with Crippen molar-refractivity contribution in [3.8, 4) is 0 Å². The van der Waals surface area contributed by atoms with Crippen LogP contribution in [0.5, 0.6) is 0 Å². The standard InChI is InChI=1S/C21H16N4O3S2/c26-20(14-29-17-7-2-1-3-8-17)24(13-15-6-4-5-11-22-15)21-23-18-10-9-16(25(27)28)12-19(18)30-21/h1-12H,13-14H2. The molecule has 2 heterocycles. The number of amides is 1. The molecule has 0 bridgehead atoms. The Kier molecular flexibility index (Phi) is 6.01. The molecule has 2 aromatic heterocycles. The number of pyridine rings is 1. The average molecular weight is 437 g/mol. The first-order chi connectivity index (χ1) is 14.6. The maximum atomic E-state index is 13.1. The molecule has 0 radical (unpaired) electrons. The lowest BCUT2D eigenvalue weighted by Gasteiger charge is -2.19. The summed E-state index contributed by atoms with van der Waals surface area (Å²) in [7, 11) is 0. The fourth-order valence-corrected chi connectivity index (χ4v) is 4.60. The van der Waals surface area contributed by atoms with Gasteiger partial charge in [-0.05, 0) is 30.3 Å². The van der Waals surface area contributed by atoms with Crippen molar-refractivity contribution in [2.24, 2.45) is 0 Å². The second-order valence-electron chi connectivity index (χ2n) is 6.31. The van der Waals surface area contributed by atoms with Crippen molar-refractivity contribution >= 4 is 50.0 Å². The van der Waals surface area contributed by atoms with Crippen LogP contribution in [0.4, 0.5) is 10.8 Å². The molecule has 150 valence electrons. The van der Waals surface area contributed by atoms with Crippen molar-refractivity contribution in [1.82, 2.24) is 9.97 Å². The summed E-state index contributed by atoms with van der Waals surface area (Å²) in [6.07, 6.45) is 1.68. The van der Waals surface area contributed by atoms with Gasteiger partial charge in [-0.25, -0.2) is 4.98 Å². The smallest absolute Gasteiger partial charge is 0.270 e. The van der Waals surface area contributed by atoms with Crippen molar-refractivity contribution in [2.75, 3.05) is 10.7 Å². The molecule has 0 aliphatic carbocycles. The van der Waals surface area contributed by atoms with Gasteiger partial charge in [0.25, 0.3) is 5.69 Å². The summed E-state index contributed by atoms with van der Waals surface area (Å²) in [6.45, 7) is 0.275. The largest absolute Gasteiger partial charge is 0.281 e. The van der Waals surface area contributed by atoms with Crippen LogP contribution in [-0.4, -0.2) is 26.6 Å². The van der Waals surface area contributed by atoms with Gasteiger partial charge in [0.05, 0.1) is 33.1 Å². The van der Waals surface area contributed by atoms with Crippen molar-refractivity contribution in [1.29, 1.82) is 0 Å². The SMILES string of the molecule is O=C(CSc1ccccc1)N(Cc1ccccn1)c1nc2ccc([N+](=O)[O-])cc2s1. The van der Waals surface area contributed by atoms with E-state index >= 15 is 0 Å². The second kappa shape index (κ2) is 9.02. The Morgan fingerprint density at radius 3 is 2.63 bits per heavy atom. The van der Waals surface area contributed by atoms with Gasteiger partial charge in [0.1, 0.15) is 0 Å². The van der Waals surface area contributed by atoms with Crippen LogP contribution in [0.1, 0.15) is 5.69 Å². The number of nitro benzene ring substituents is 1. The van der Waals surface area contributed by atoms with E-state index in [0.717, 1.165) is 10.6 Å². The Balaban J connectivity index is 1.63.